The maximum atomic E-state index is 12.1. The van der Waals surface area contributed by atoms with Gasteiger partial charge in [-0.05, 0) is 31.7 Å². The zero-order valence-electron chi connectivity index (χ0n) is 12.8. The minimum atomic E-state index is -0.351. The molecule has 0 radical (unpaired) electrons. The van der Waals surface area contributed by atoms with E-state index in [1.54, 1.807) is 11.9 Å². The van der Waals surface area contributed by atoms with Crippen molar-refractivity contribution in [1.82, 2.24) is 15.5 Å². The van der Waals surface area contributed by atoms with Crippen LogP contribution < -0.4 is 10.6 Å². The number of carbonyl (C=O) groups is 2. The topological polar surface area (TPSA) is 85.2 Å². The zero-order chi connectivity index (χ0) is 15.4. The number of carbonyl (C=O) groups excluding carboxylic acids is 2. The molecule has 21 heavy (non-hydrogen) atoms. The maximum Gasteiger partial charge on any atom is 0.243 e. The first-order chi connectivity index (χ1) is 10.0. The third kappa shape index (κ3) is 4.18. The highest BCUT2D eigenvalue weighted by atomic mass is 16.2. The number of hydrogen-bond acceptors (Lipinski definition) is 4. The van der Waals surface area contributed by atoms with Crippen LogP contribution >= 0.6 is 0 Å². The van der Waals surface area contributed by atoms with Crippen molar-refractivity contribution in [2.24, 2.45) is 11.8 Å². The molecule has 1 saturated heterocycles. The molecule has 0 bridgehead atoms. The van der Waals surface area contributed by atoms with Gasteiger partial charge in [0, 0.05) is 6.54 Å². The second-order valence-corrected chi connectivity index (χ2v) is 6.27. The molecule has 2 rings (SSSR count). The van der Waals surface area contributed by atoms with Crippen LogP contribution in [-0.4, -0.2) is 48.9 Å². The maximum absolute atomic E-state index is 12.1. The number of likely N-dealkylation sites (N-methyl/N-ethyl adjacent to an activating group) is 1. The second-order valence-electron chi connectivity index (χ2n) is 6.27. The van der Waals surface area contributed by atoms with Gasteiger partial charge in [-0.25, -0.2) is 0 Å². The summed E-state index contributed by atoms with van der Waals surface area (Å²) < 4.78 is 0. The van der Waals surface area contributed by atoms with E-state index in [4.69, 9.17) is 5.26 Å². The number of likely N-dealkylation sites (tertiary alicyclic amines) is 1. The summed E-state index contributed by atoms with van der Waals surface area (Å²) in [6.07, 6.45) is 3.94. The summed E-state index contributed by atoms with van der Waals surface area (Å²) in [5.41, 5.74) is 0. The third-order valence-electron chi connectivity index (χ3n) is 4.32. The molecule has 3 atom stereocenters. The van der Waals surface area contributed by atoms with Crippen LogP contribution in [0.25, 0.3) is 0 Å². The monoisotopic (exact) mass is 292 g/mol. The SMILES string of the molecule is CNC(CC1CC1)C(=O)NCC(=O)N1CC(C)CC1C#N. The highest BCUT2D eigenvalue weighted by molar-refractivity contribution is 5.87. The summed E-state index contributed by atoms with van der Waals surface area (Å²) in [5, 5.41) is 14.8. The van der Waals surface area contributed by atoms with Crippen molar-refractivity contribution in [2.75, 3.05) is 20.1 Å². The molecule has 116 valence electrons. The van der Waals surface area contributed by atoms with E-state index in [1.165, 1.54) is 12.8 Å². The lowest BCUT2D eigenvalue weighted by Crippen LogP contribution is -2.48. The van der Waals surface area contributed by atoms with Crippen LogP contribution in [-0.2, 0) is 9.59 Å². The highest BCUT2D eigenvalue weighted by Gasteiger charge is 2.33. The molecule has 2 N–H and O–H groups in total. The molecule has 3 unspecified atom stereocenters. The minimum Gasteiger partial charge on any atom is -0.346 e. The average molecular weight is 292 g/mol. The van der Waals surface area contributed by atoms with Gasteiger partial charge in [-0.15, -0.1) is 0 Å². The van der Waals surface area contributed by atoms with Gasteiger partial charge in [-0.3, -0.25) is 9.59 Å². The molecule has 1 aliphatic carbocycles. The van der Waals surface area contributed by atoms with E-state index in [1.807, 2.05) is 6.92 Å². The highest BCUT2D eigenvalue weighted by Crippen LogP contribution is 2.33. The van der Waals surface area contributed by atoms with Gasteiger partial charge in [0.2, 0.25) is 11.8 Å². The standard InChI is InChI=1S/C15H24N4O2/c1-10-5-12(7-16)19(9-10)14(20)8-18-15(21)13(17-2)6-11-3-4-11/h10-13,17H,3-6,8-9H2,1-2H3,(H,18,21). The summed E-state index contributed by atoms with van der Waals surface area (Å²) in [7, 11) is 1.77. The van der Waals surface area contributed by atoms with Gasteiger partial charge >= 0.3 is 0 Å². The molecule has 2 amide bonds. The summed E-state index contributed by atoms with van der Waals surface area (Å²) in [5.74, 6) is 0.694. The van der Waals surface area contributed by atoms with Gasteiger partial charge in [0.05, 0.1) is 18.7 Å². The van der Waals surface area contributed by atoms with Crippen LogP contribution in [0, 0.1) is 23.2 Å². The molecule has 2 fully saturated rings. The molecule has 1 saturated carbocycles. The van der Waals surface area contributed by atoms with E-state index in [0.29, 0.717) is 18.4 Å². The van der Waals surface area contributed by atoms with Gasteiger partial charge in [-0.2, -0.15) is 5.26 Å². The minimum absolute atomic E-state index is 0.0212. The third-order valence-corrected chi connectivity index (χ3v) is 4.32. The molecule has 1 heterocycles. The smallest absolute Gasteiger partial charge is 0.243 e. The number of amides is 2. The Morgan fingerprint density at radius 1 is 1.43 bits per heavy atom. The molecule has 0 aromatic rings. The fraction of sp³-hybridized carbons (Fsp3) is 0.800. The lowest BCUT2D eigenvalue weighted by molar-refractivity contribution is -0.133. The van der Waals surface area contributed by atoms with Gasteiger partial charge in [0.25, 0.3) is 0 Å². The Balaban J connectivity index is 1.79. The summed E-state index contributed by atoms with van der Waals surface area (Å²) in [4.78, 5) is 25.8. The Morgan fingerprint density at radius 3 is 2.71 bits per heavy atom. The summed E-state index contributed by atoms with van der Waals surface area (Å²) in [6, 6.07) is 1.58. The summed E-state index contributed by atoms with van der Waals surface area (Å²) >= 11 is 0. The number of nitrogens with one attached hydrogen (secondary N) is 2. The van der Waals surface area contributed by atoms with Gasteiger partial charge in [-0.1, -0.05) is 19.8 Å². The van der Waals surface area contributed by atoms with Crippen LogP contribution in [0.4, 0.5) is 0 Å². The quantitative estimate of drug-likeness (QED) is 0.735. The molecule has 0 spiro atoms. The fourth-order valence-corrected chi connectivity index (χ4v) is 2.87. The molecule has 6 nitrogen and oxygen atoms in total. The Hall–Kier alpha value is -1.61. The molecule has 1 aliphatic heterocycles. The number of rotatable bonds is 6. The van der Waals surface area contributed by atoms with E-state index < -0.39 is 0 Å². The van der Waals surface area contributed by atoms with Gasteiger partial charge < -0.3 is 15.5 Å². The number of nitriles is 1. The van der Waals surface area contributed by atoms with Crippen molar-refractivity contribution in [3.8, 4) is 6.07 Å². The first kappa shape index (κ1) is 15.8. The van der Waals surface area contributed by atoms with Crippen molar-refractivity contribution >= 4 is 11.8 Å². The van der Waals surface area contributed by atoms with Crippen molar-refractivity contribution in [3.63, 3.8) is 0 Å². The average Bonchev–Trinajstić information content (AvgIpc) is 3.22. The van der Waals surface area contributed by atoms with Crippen LogP contribution in [0.5, 0.6) is 0 Å². The molecule has 0 aromatic heterocycles. The van der Waals surface area contributed by atoms with Crippen molar-refractivity contribution in [1.29, 1.82) is 5.26 Å². The summed E-state index contributed by atoms with van der Waals surface area (Å²) in [6.45, 7) is 2.61. The number of hydrogen-bond donors (Lipinski definition) is 2. The lowest BCUT2D eigenvalue weighted by atomic mass is 10.1. The van der Waals surface area contributed by atoms with E-state index in [2.05, 4.69) is 16.7 Å². The molecular weight excluding hydrogens is 268 g/mol. The van der Waals surface area contributed by atoms with Crippen LogP contribution in [0.15, 0.2) is 0 Å². The van der Waals surface area contributed by atoms with Crippen molar-refractivity contribution in [2.45, 2.75) is 44.7 Å². The molecular formula is C15H24N4O2. The molecule has 0 aromatic carbocycles. The largest absolute Gasteiger partial charge is 0.346 e. The fourth-order valence-electron chi connectivity index (χ4n) is 2.87. The number of nitrogens with zero attached hydrogens (tertiary/aromatic N) is 2. The van der Waals surface area contributed by atoms with Crippen LogP contribution in [0.2, 0.25) is 0 Å². The van der Waals surface area contributed by atoms with Crippen LogP contribution in [0.3, 0.4) is 0 Å². The predicted molar refractivity (Wildman–Crippen MR) is 78.1 cm³/mol. The molecule has 2 aliphatic rings. The van der Waals surface area contributed by atoms with Crippen molar-refractivity contribution < 1.29 is 9.59 Å². The van der Waals surface area contributed by atoms with Crippen molar-refractivity contribution in [3.05, 3.63) is 0 Å². The Bertz CT molecular complexity index is 441. The van der Waals surface area contributed by atoms with E-state index in [0.717, 1.165) is 12.8 Å². The Kier molecular flexibility index (Phi) is 5.18. The first-order valence-electron chi connectivity index (χ1n) is 7.69. The van der Waals surface area contributed by atoms with E-state index in [9.17, 15) is 9.59 Å². The predicted octanol–water partition coefficient (Wildman–Crippen LogP) is 0.251. The Labute approximate surface area is 125 Å². The zero-order valence-corrected chi connectivity index (χ0v) is 12.8. The lowest BCUT2D eigenvalue weighted by Gasteiger charge is -2.21. The van der Waals surface area contributed by atoms with Gasteiger partial charge in [0.15, 0.2) is 0 Å². The Morgan fingerprint density at radius 2 is 2.14 bits per heavy atom. The normalized spacial score (nSPS) is 26.2. The van der Waals surface area contributed by atoms with E-state index >= 15 is 0 Å². The first-order valence-corrected chi connectivity index (χ1v) is 7.69. The van der Waals surface area contributed by atoms with Crippen LogP contribution in [0.1, 0.15) is 32.6 Å². The van der Waals surface area contributed by atoms with Gasteiger partial charge in [0.1, 0.15) is 6.04 Å². The molecule has 6 heteroatoms. The second kappa shape index (κ2) is 6.90. The van der Waals surface area contributed by atoms with E-state index in [-0.39, 0.29) is 30.4 Å².